The summed E-state index contributed by atoms with van der Waals surface area (Å²) in [6.07, 6.45) is 7.19. The molecular formula is C14H27N3O. The maximum Gasteiger partial charge on any atom is 0.234 e. The number of nitrogens with zero attached hydrogens (tertiary/aromatic N) is 1. The Kier molecular flexibility index (Phi) is 5.01. The van der Waals surface area contributed by atoms with Crippen LogP contribution in [0.2, 0.25) is 0 Å². The van der Waals surface area contributed by atoms with Crippen molar-refractivity contribution < 1.29 is 4.79 Å². The van der Waals surface area contributed by atoms with E-state index in [0.29, 0.717) is 24.5 Å². The molecule has 0 aromatic heterocycles. The summed E-state index contributed by atoms with van der Waals surface area (Å²) in [4.78, 5) is 14.2. The maximum absolute atomic E-state index is 12.0. The van der Waals surface area contributed by atoms with Crippen LogP contribution >= 0.6 is 0 Å². The minimum absolute atomic E-state index is 0.199. The molecule has 0 bridgehead atoms. The second-order valence-electron chi connectivity index (χ2n) is 6.07. The number of carbonyl (C=O) groups excluding carboxylic acids is 1. The average molecular weight is 253 g/mol. The third-order valence-electron chi connectivity index (χ3n) is 4.39. The summed E-state index contributed by atoms with van der Waals surface area (Å²) in [7, 11) is 0. The average Bonchev–Trinajstić information content (AvgIpc) is 2.35. The molecule has 0 spiro atoms. The Morgan fingerprint density at radius 3 is 2.67 bits per heavy atom. The summed E-state index contributed by atoms with van der Waals surface area (Å²) < 4.78 is 0. The van der Waals surface area contributed by atoms with Crippen molar-refractivity contribution in [2.24, 2.45) is 11.7 Å². The zero-order valence-corrected chi connectivity index (χ0v) is 11.5. The molecule has 2 rings (SSSR count). The number of rotatable bonds is 3. The summed E-state index contributed by atoms with van der Waals surface area (Å²) in [5, 5.41) is 3.18. The van der Waals surface area contributed by atoms with Gasteiger partial charge in [-0.25, -0.2) is 0 Å². The molecule has 2 aliphatic rings. The van der Waals surface area contributed by atoms with Gasteiger partial charge in [-0.2, -0.15) is 0 Å². The Morgan fingerprint density at radius 2 is 2.00 bits per heavy atom. The van der Waals surface area contributed by atoms with Gasteiger partial charge in [0.25, 0.3) is 0 Å². The quantitative estimate of drug-likeness (QED) is 0.792. The highest BCUT2D eigenvalue weighted by atomic mass is 16.2. The first-order valence-corrected chi connectivity index (χ1v) is 7.42. The number of nitrogens with one attached hydrogen (secondary N) is 1. The van der Waals surface area contributed by atoms with Gasteiger partial charge in [0.05, 0.1) is 6.54 Å². The molecule has 18 heavy (non-hydrogen) atoms. The fourth-order valence-corrected chi connectivity index (χ4v) is 3.12. The third-order valence-corrected chi connectivity index (χ3v) is 4.39. The predicted octanol–water partition coefficient (Wildman–Crippen LogP) is 1.10. The highest BCUT2D eigenvalue weighted by Gasteiger charge is 2.25. The number of hydrogen-bond acceptors (Lipinski definition) is 3. The van der Waals surface area contributed by atoms with Gasteiger partial charge < -0.3 is 11.1 Å². The second kappa shape index (κ2) is 6.53. The first kappa shape index (κ1) is 13.8. The fraction of sp³-hybridized carbons (Fsp3) is 0.929. The van der Waals surface area contributed by atoms with Crippen molar-refractivity contribution >= 4 is 5.91 Å². The topological polar surface area (TPSA) is 58.4 Å². The van der Waals surface area contributed by atoms with Crippen LogP contribution in [-0.2, 0) is 4.79 Å². The van der Waals surface area contributed by atoms with Crippen molar-refractivity contribution in [3.05, 3.63) is 0 Å². The molecule has 2 fully saturated rings. The van der Waals surface area contributed by atoms with Crippen LogP contribution in [-0.4, -0.2) is 42.5 Å². The molecule has 0 aromatic carbocycles. The van der Waals surface area contributed by atoms with Gasteiger partial charge in [-0.1, -0.05) is 26.2 Å². The smallest absolute Gasteiger partial charge is 0.234 e. The van der Waals surface area contributed by atoms with Gasteiger partial charge >= 0.3 is 0 Å². The van der Waals surface area contributed by atoms with Crippen LogP contribution in [0, 0.1) is 5.92 Å². The van der Waals surface area contributed by atoms with Crippen molar-refractivity contribution in [2.45, 2.75) is 57.5 Å². The van der Waals surface area contributed by atoms with Crippen LogP contribution in [0.15, 0.2) is 0 Å². The predicted molar refractivity (Wildman–Crippen MR) is 73.2 cm³/mol. The van der Waals surface area contributed by atoms with E-state index in [2.05, 4.69) is 17.1 Å². The molecule has 1 aliphatic heterocycles. The van der Waals surface area contributed by atoms with Gasteiger partial charge in [0.1, 0.15) is 0 Å². The van der Waals surface area contributed by atoms with E-state index in [-0.39, 0.29) is 5.91 Å². The summed E-state index contributed by atoms with van der Waals surface area (Å²) in [5.74, 6) is 0.700. The number of likely N-dealkylation sites (tertiary alicyclic amines) is 1. The van der Waals surface area contributed by atoms with Crippen LogP contribution < -0.4 is 11.1 Å². The molecule has 1 heterocycles. The molecule has 2 unspecified atom stereocenters. The molecule has 1 amide bonds. The Morgan fingerprint density at radius 1 is 1.28 bits per heavy atom. The number of piperidine rings is 1. The molecule has 1 saturated carbocycles. The van der Waals surface area contributed by atoms with Crippen molar-refractivity contribution in [3.63, 3.8) is 0 Å². The van der Waals surface area contributed by atoms with Gasteiger partial charge in [-0.05, 0) is 25.2 Å². The van der Waals surface area contributed by atoms with E-state index in [1.165, 1.54) is 19.3 Å². The van der Waals surface area contributed by atoms with Crippen LogP contribution in [0.25, 0.3) is 0 Å². The lowest BCUT2D eigenvalue weighted by Gasteiger charge is -2.35. The Bertz CT molecular complexity index is 276. The summed E-state index contributed by atoms with van der Waals surface area (Å²) >= 11 is 0. The molecule has 0 aromatic rings. The van der Waals surface area contributed by atoms with Crippen molar-refractivity contribution in [1.29, 1.82) is 0 Å². The van der Waals surface area contributed by atoms with Crippen LogP contribution in [0.4, 0.5) is 0 Å². The minimum atomic E-state index is 0.199. The summed E-state index contributed by atoms with van der Waals surface area (Å²) in [5.41, 5.74) is 5.99. The molecule has 104 valence electrons. The zero-order valence-electron chi connectivity index (χ0n) is 11.5. The van der Waals surface area contributed by atoms with Crippen molar-refractivity contribution in [1.82, 2.24) is 10.2 Å². The highest BCUT2D eigenvalue weighted by molar-refractivity contribution is 5.78. The van der Waals surface area contributed by atoms with Crippen LogP contribution in [0.1, 0.15) is 45.4 Å². The summed E-state index contributed by atoms with van der Waals surface area (Å²) in [6, 6.07) is 0.735. The number of hydrogen-bond donors (Lipinski definition) is 2. The van der Waals surface area contributed by atoms with Gasteiger partial charge in [0, 0.05) is 25.2 Å². The third kappa shape index (κ3) is 3.95. The Balaban J connectivity index is 1.70. The van der Waals surface area contributed by atoms with E-state index in [0.717, 1.165) is 32.4 Å². The van der Waals surface area contributed by atoms with Crippen LogP contribution in [0.5, 0.6) is 0 Å². The standard InChI is InChI=1S/C14H27N3O/c1-11-9-17(8-7-13(11)15)10-14(18)16-12-5-3-2-4-6-12/h11-13H,2-10,15H2,1H3,(H,16,18). The molecule has 0 radical (unpaired) electrons. The van der Waals surface area contributed by atoms with Crippen LogP contribution in [0.3, 0.4) is 0 Å². The Hall–Kier alpha value is -0.610. The van der Waals surface area contributed by atoms with Crippen molar-refractivity contribution in [3.8, 4) is 0 Å². The Labute approximate surface area is 110 Å². The van der Waals surface area contributed by atoms with E-state index in [4.69, 9.17) is 5.73 Å². The number of nitrogens with two attached hydrogens (primary N) is 1. The molecular weight excluding hydrogens is 226 g/mol. The van der Waals surface area contributed by atoms with E-state index in [1.54, 1.807) is 0 Å². The fourth-order valence-electron chi connectivity index (χ4n) is 3.12. The molecule has 2 atom stereocenters. The summed E-state index contributed by atoms with van der Waals surface area (Å²) in [6.45, 7) is 4.65. The lowest BCUT2D eigenvalue weighted by atomic mass is 9.94. The second-order valence-corrected chi connectivity index (χ2v) is 6.07. The van der Waals surface area contributed by atoms with Crippen molar-refractivity contribution in [2.75, 3.05) is 19.6 Å². The zero-order chi connectivity index (χ0) is 13.0. The maximum atomic E-state index is 12.0. The SMILES string of the molecule is CC1CN(CC(=O)NC2CCCCC2)CCC1N. The molecule has 4 nitrogen and oxygen atoms in total. The molecule has 1 aliphatic carbocycles. The van der Waals surface area contributed by atoms with Gasteiger partial charge in [-0.15, -0.1) is 0 Å². The van der Waals surface area contributed by atoms with E-state index in [9.17, 15) is 4.79 Å². The van der Waals surface area contributed by atoms with E-state index in [1.807, 2.05) is 0 Å². The number of carbonyl (C=O) groups is 1. The number of amides is 1. The first-order valence-electron chi connectivity index (χ1n) is 7.42. The molecule has 4 heteroatoms. The first-order chi connectivity index (χ1) is 8.65. The van der Waals surface area contributed by atoms with Gasteiger partial charge in [-0.3, -0.25) is 9.69 Å². The molecule has 1 saturated heterocycles. The molecule has 3 N–H and O–H groups in total. The largest absolute Gasteiger partial charge is 0.352 e. The highest BCUT2D eigenvalue weighted by Crippen LogP contribution is 2.18. The van der Waals surface area contributed by atoms with E-state index < -0.39 is 0 Å². The minimum Gasteiger partial charge on any atom is -0.352 e. The lowest BCUT2D eigenvalue weighted by molar-refractivity contribution is -0.123. The normalized spacial score (nSPS) is 31.2. The lowest BCUT2D eigenvalue weighted by Crippen LogP contribution is -2.50. The van der Waals surface area contributed by atoms with Gasteiger partial charge in [0.15, 0.2) is 0 Å². The monoisotopic (exact) mass is 253 g/mol. The van der Waals surface area contributed by atoms with Gasteiger partial charge in [0.2, 0.25) is 5.91 Å². The van der Waals surface area contributed by atoms with E-state index >= 15 is 0 Å².